The quantitative estimate of drug-likeness (QED) is 0.517. The number of hydrogen-bond acceptors (Lipinski definition) is 5. The summed E-state index contributed by atoms with van der Waals surface area (Å²) >= 11 is 0. The van der Waals surface area contributed by atoms with Gasteiger partial charge in [-0.3, -0.25) is 20.2 Å². The van der Waals surface area contributed by atoms with Gasteiger partial charge in [0.05, 0.1) is 15.4 Å². The number of nitro benzene ring substituents is 2. The first-order valence-corrected chi connectivity index (χ1v) is 5.29. The van der Waals surface area contributed by atoms with Crippen molar-refractivity contribution in [3.63, 3.8) is 0 Å². The van der Waals surface area contributed by atoms with Crippen LogP contribution in [0.25, 0.3) is 11.1 Å². The first kappa shape index (κ1) is 12.5. The number of nitrogen functional groups attached to an aromatic ring is 1. The Morgan fingerprint density at radius 2 is 1.32 bits per heavy atom. The van der Waals surface area contributed by atoms with Gasteiger partial charge in [0, 0.05) is 17.7 Å². The van der Waals surface area contributed by atoms with Crippen molar-refractivity contribution in [2.24, 2.45) is 0 Å². The summed E-state index contributed by atoms with van der Waals surface area (Å²) < 4.78 is 0. The molecule has 7 nitrogen and oxygen atoms in total. The summed E-state index contributed by atoms with van der Waals surface area (Å²) in [7, 11) is 0. The highest BCUT2D eigenvalue weighted by atomic mass is 16.6. The summed E-state index contributed by atoms with van der Waals surface area (Å²) in [5.74, 6) is 0. The Balaban J connectivity index is 2.70. The fraction of sp³-hybridized carbons (Fsp3) is 0. The summed E-state index contributed by atoms with van der Waals surface area (Å²) in [5.41, 5.74) is 5.76. The summed E-state index contributed by atoms with van der Waals surface area (Å²) in [6.45, 7) is 0. The molecule has 2 rings (SSSR count). The number of para-hydroxylation sites is 2. The fourth-order valence-electron chi connectivity index (χ4n) is 1.81. The van der Waals surface area contributed by atoms with Gasteiger partial charge in [-0.2, -0.15) is 0 Å². The van der Waals surface area contributed by atoms with Gasteiger partial charge in [-0.15, -0.1) is 0 Å². The number of anilines is 1. The molecule has 0 unspecified atom stereocenters. The summed E-state index contributed by atoms with van der Waals surface area (Å²) in [6.07, 6.45) is 0. The van der Waals surface area contributed by atoms with Crippen LogP contribution in [0.4, 0.5) is 17.1 Å². The molecule has 0 saturated carbocycles. The van der Waals surface area contributed by atoms with Crippen molar-refractivity contribution < 1.29 is 9.85 Å². The van der Waals surface area contributed by atoms with E-state index in [0.717, 1.165) is 0 Å². The minimum atomic E-state index is -0.617. The molecule has 0 saturated heterocycles. The van der Waals surface area contributed by atoms with Gasteiger partial charge in [0.1, 0.15) is 5.69 Å². The highest BCUT2D eigenvalue weighted by Gasteiger charge is 2.20. The van der Waals surface area contributed by atoms with Gasteiger partial charge in [0.25, 0.3) is 11.4 Å². The molecule has 0 amide bonds. The third-order valence-electron chi connectivity index (χ3n) is 2.67. The lowest BCUT2D eigenvalue weighted by Crippen LogP contribution is -1.99. The number of nitrogens with zero attached hydrogens (tertiary/aromatic N) is 2. The van der Waals surface area contributed by atoms with Crippen LogP contribution in [0.15, 0.2) is 42.5 Å². The van der Waals surface area contributed by atoms with Crippen LogP contribution in [0.1, 0.15) is 0 Å². The average molecular weight is 259 g/mol. The van der Waals surface area contributed by atoms with E-state index in [1.54, 1.807) is 6.07 Å². The molecular weight excluding hydrogens is 250 g/mol. The van der Waals surface area contributed by atoms with Crippen molar-refractivity contribution >= 4 is 17.1 Å². The molecule has 7 heteroatoms. The normalized spacial score (nSPS) is 10.1. The van der Waals surface area contributed by atoms with Crippen LogP contribution in [0.2, 0.25) is 0 Å². The molecule has 0 bridgehead atoms. The Morgan fingerprint density at radius 3 is 1.95 bits per heavy atom. The maximum atomic E-state index is 11.0. The van der Waals surface area contributed by atoms with Crippen molar-refractivity contribution in [3.05, 3.63) is 62.7 Å². The van der Waals surface area contributed by atoms with Crippen LogP contribution < -0.4 is 5.73 Å². The monoisotopic (exact) mass is 259 g/mol. The molecular formula is C12H9N3O4. The number of nitrogens with two attached hydrogens (primary N) is 1. The minimum absolute atomic E-state index is 0.0817. The molecule has 0 radical (unpaired) electrons. The lowest BCUT2D eigenvalue weighted by Gasteiger charge is -2.06. The first-order chi connectivity index (χ1) is 9.02. The van der Waals surface area contributed by atoms with Crippen LogP contribution in [-0.2, 0) is 0 Å². The molecule has 2 aromatic rings. The fourth-order valence-corrected chi connectivity index (χ4v) is 1.81. The Labute approximate surface area is 107 Å². The molecule has 0 aliphatic rings. The smallest absolute Gasteiger partial charge is 0.292 e. The molecule has 0 spiro atoms. The van der Waals surface area contributed by atoms with Gasteiger partial charge in [-0.1, -0.05) is 24.3 Å². The zero-order valence-corrected chi connectivity index (χ0v) is 9.65. The van der Waals surface area contributed by atoms with Gasteiger partial charge < -0.3 is 5.73 Å². The van der Waals surface area contributed by atoms with E-state index in [0.29, 0.717) is 0 Å². The topological polar surface area (TPSA) is 112 Å². The van der Waals surface area contributed by atoms with E-state index in [4.69, 9.17) is 5.73 Å². The van der Waals surface area contributed by atoms with Crippen LogP contribution in [0, 0.1) is 20.2 Å². The van der Waals surface area contributed by atoms with Gasteiger partial charge in [0.2, 0.25) is 0 Å². The lowest BCUT2D eigenvalue weighted by atomic mass is 10.0. The molecule has 19 heavy (non-hydrogen) atoms. The van der Waals surface area contributed by atoms with E-state index in [2.05, 4.69) is 0 Å². The van der Waals surface area contributed by atoms with Crippen LogP contribution >= 0.6 is 0 Å². The summed E-state index contributed by atoms with van der Waals surface area (Å²) in [5, 5.41) is 21.8. The standard InChI is InChI=1S/C12H9N3O4/c13-12-9(5-3-7-11(12)15(18)19)8-4-1-2-6-10(8)14(16)17/h1-7H,13H2. The predicted octanol–water partition coefficient (Wildman–Crippen LogP) is 2.75. The van der Waals surface area contributed by atoms with Gasteiger partial charge in [-0.25, -0.2) is 0 Å². The third-order valence-corrected chi connectivity index (χ3v) is 2.67. The second kappa shape index (κ2) is 4.73. The highest BCUT2D eigenvalue weighted by Crippen LogP contribution is 2.37. The Hall–Kier alpha value is -2.96. The molecule has 0 fully saturated rings. The highest BCUT2D eigenvalue weighted by molar-refractivity contribution is 5.86. The zero-order chi connectivity index (χ0) is 14.0. The first-order valence-electron chi connectivity index (χ1n) is 5.29. The Kier molecular flexibility index (Phi) is 3.11. The van der Waals surface area contributed by atoms with Gasteiger partial charge >= 0.3 is 0 Å². The van der Waals surface area contributed by atoms with E-state index in [-0.39, 0.29) is 28.2 Å². The predicted molar refractivity (Wildman–Crippen MR) is 69.6 cm³/mol. The molecule has 0 atom stereocenters. The van der Waals surface area contributed by atoms with E-state index >= 15 is 0 Å². The molecule has 2 aromatic carbocycles. The average Bonchev–Trinajstić information content (AvgIpc) is 2.38. The number of benzene rings is 2. The molecule has 2 N–H and O–H groups in total. The largest absolute Gasteiger partial charge is 0.393 e. The van der Waals surface area contributed by atoms with Gasteiger partial charge in [0.15, 0.2) is 0 Å². The van der Waals surface area contributed by atoms with Crippen molar-refractivity contribution in [3.8, 4) is 11.1 Å². The van der Waals surface area contributed by atoms with Crippen LogP contribution in [0.3, 0.4) is 0 Å². The minimum Gasteiger partial charge on any atom is -0.393 e. The molecule has 96 valence electrons. The maximum absolute atomic E-state index is 11.0. The third kappa shape index (κ3) is 2.21. The second-order valence-corrected chi connectivity index (χ2v) is 3.77. The number of rotatable bonds is 3. The SMILES string of the molecule is Nc1c(-c2ccccc2[N+](=O)[O-])cccc1[N+](=O)[O-]. The van der Waals surface area contributed by atoms with Crippen LogP contribution in [-0.4, -0.2) is 9.85 Å². The van der Waals surface area contributed by atoms with Crippen molar-refractivity contribution in [2.45, 2.75) is 0 Å². The lowest BCUT2D eigenvalue weighted by molar-refractivity contribution is -0.384. The van der Waals surface area contributed by atoms with Crippen LogP contribution in [0.5, 0.6) is 0 Å². The maximum Gasteiger partial charge on any atom is 0.292 e. The number of hydrogen-bond donors (Lipinski definition) is 1. The molecule has 0 heterocycles. The van der Waals surface area contributed by atoms with Crippen molar-refractivity contribution in [2.75, 3.05) is 5.73 Å². The molecule has 0 aliphatic carbocycles. The zero-order valence-electron chi connectivity index (χ0n) is 9.65. The molecule has 0 aliphatic heterocycles. The van der Waals surface area contributed by atoms with E-state index < -0.39 is 9.85 Å². The Bertz CT molecular complexity index is 670. The van der Waals surface area contributed by atoms with Crippen molar-refractivity contribution in [1.82, 2.24) is 0 Å². The van der Waals surface area contributed by atoms with Gasteiger partial charge in [-0.05, 0) is 6.07 Å². The van der Waals surface area contributed by atoms with E-state index in [1.807, 2.05) is 0 Å². The second-order valence-electron chi connectivity index (χ2n) is 3.77. The van der Waals surface area contributed by atoms with E-state index in [1.165, 1.54) is 36.4 Å². The molecule has 0 aromatic heterocycles. The van der Waals surface area contributed by atoms with Crippen molar-refractivity contribution in [1.29, 1.82) is 0 Å². The Morgan fingerprint density at radius 1 is 0.789 bits per heavy atom. The number of nitro groups is 2. The summed E-state index contributed by atoms with van der Waals surface area (Å²) in [6, 6.07) is 10.2. The summed E-state index contributed by atoms with van der Waals surface area (Å²) in [4.78, 5) is 20.6. The van der Waals surface area contributed by atoms with E-state index in [9.17, 15) is 20.2 Å².